The number of hydrogen-bond acceptors (Lipinski definition) is 1. The largest absolute Gasteiger partial charge is 0.341 e. The van der Waals surface area contributed by atoms with E-state index in [4.69, 9.17) is 15.8 Å². The molecule has 0 aliphatic carbocycles. The SMILES string of the molecule is ClPOCc1ccccc1. The minimum Gasteiger partial charge on any atom is -0.341 e. The molecule has 0 saturated heterocycles. The van der Waals surface area contributed by atoms with Crippen LogP contribution in [0.5, 0.6) is 0 Å². The summed E-state index contributed by atoms with van der Waals surface area (Å²) in [6.45, 7) is 0.614. The van der Waals surface area contributed by atoms with Crippen LogP contribution in [0.25, 0.3) is 0 Å². The lowest BCUT2D eigenvalue weighted by Gasteiger charge is -1.97. The van der Waals surface area contributed by atoms with E-state index in [1.165, 1.54) is 0 Å². The molecule has 1 aromatic rings. The molecule has 1 unspecified atom stereocenters. The molecule has 0 spiro atoms. The highest BCUT2D eigenvalue weighted by Gasteiger charge is 1.87. The molecular formula is C7H8ClOP. The van der Waals surface area contributed by atoms with Crippen molar-refractivity contribution in [2.24, 2.45) is 0 Å². The average Bonchev–Trinajstić information content (AvgIpc) is 2.03. The topological polar surface area (TPSA) is 9.23 Å². The lowest BCUT2D eigenvalue weighted by Crippen LogP contribution is -1.80. The van der Waals surface area contributed by atoms with E-state index in [0.29, 0.717) is 6.61 Å². The number of rotatable bonds is 3. The number of halogens is 1. The van der Waals surface area contributed by atoms with Gasteiger partial charge in [-0.15, -0.1) is 0 Å². The van der Waals surface area contributed by atoms with Gasteiger partial charge in [-0.1, -0.05) is 41.6 Å². The van der Waals surface area contributed by atoms with Gasteiger partial charge in [-0.2, -0.15) is 0 Å². The Morgan fingerprint density at radius 2 is 2.00 bits per heavy atom. The highest BCUT2D eigenvalue weighted by Crippen LogP contribution is 2.19. The van der Waals surface area contributed by atoms with Crippen molar-refractivity contribution >= 4 is 19.4 Å². The summed E-state index contributed by atoms with van der Waals surface area (Å²) >= 11 is 5.36. The summed E-state index contributed by atoms with van der Waals surface area (Å²) in [7, 11) is 0.0555. The van der Waals surface area contributed by atoms with E-state index < -0.39 is 0 Å². The fraction of sp³-hybridized carbons (Fsp3) is 0.143. The molecule has 54 valence electrons. The molecule has 0 aromatic heterocycles. The molecule has 0 aliphatic rings. The predicted molar refractivity (Wildman–Crippen MR) is 45.4 cm³/mol. The molecule has 1 atom stereocenters. The standard InChI is InChI=1S/C7H8ClOP/c8-10-9-6-7-4-2-1-3-5-7/h1-5,10H,6H2. The first-order valence-corrected chi connectivity index (χ1v) is 4.87. The molecular weight excluding hydrogens is 167 g/mol. The van der Waals surface area contributed by atoms with Gasteiger partial charge < -0.3 is 4.52 Å². The van der Waals surface area contributed by atoms with Crippen molar-refractivity contribution in [1.82, 2.24) is 0 Å². The molecule has 1 rings (SSSR count). The summed E-state index contributed by atoms with van der Waals surface area (Å²) in [6.07, 6.45) is 0. The number of benzene rings is 1. The van der Waals surface area contributed by atoms with Crippen LogP contribution in [0.1, 0.15) is 5.56 Å². The summed E-state index contributed by atoms with van der Waals surface area (Å²) in [5.74, 6) is 0. The van der Waals surface area contributed by atoms with Crippen LogP contribution >= 0.6 is 19.4 Å². The summed E-state index contributed by atoms with van der Waals surface area (Å²) in [5, 5.41) is 0. The van der Waals surface area contributed by atoms with E-state index in [0.717, 1.165) is 5.56 Å². The van der Waals surface area contributed by atoms with Crippen molar-refractivity contribution in [1.29, 1.82) is 0 Å². The zero-order valence-corrected chi connectivity index (χ0v) is 7.14. The zero-order valence-electron chi connectivity index (χ0n) is 5.38. The second-order valence-corrected chi connectivity index (χ2v) is 2.76. The first kappa shape index (κ1) is 8.00. The van der Waals surface area contributed by atoms with Crippen LogP contribution in [0.2, 0.25) is 0 Å². The van der Waals surface area contributed by atoms with Crippen LogP contribution < -0.4 is 0 Å². The van der Waals surface area contributed by atoms with Gasteiger partial charge >= 0.3 is 0 Å². The Labute approximate surface area is 67.0 Å². The summed E-state index contributed by atoms with van der Waals surface area (Å²) in [6, 6.07) is 9.96. The van der Waals surface area contributed by atoms with Crippen LogP contribution in [0, 0.1) is 0 Å². The third-order valence-electron chi connectivity index (χ3n) is 1.14. The first-order chi connectivity index (χ1) is 4.93. The lowest BCUT2D eigenvalue weighted by atomic mass is 10.2. The van der Waals surface area contributed by atoms with Gasteiger partial charge in [0.05, 0.1) is 6.61 Å². The van der Waals surface area contributed by atoms with E-state index in [2.05, 4.69) is 0 Å². The Morgan fingerprint density at radius 3 is 2.60 bits per heavy atom. The third kappa shape index (κ3) is 2.66. The molecule has 0 heterocycles. The molecule has 10 heavy (non-hydrogen) atoms. The predicted octanol–water partition coefficient (Wildman–Crippen LogP) is 2.95. The second kappa shape index (κ2) is 4.68. The van der Waals surface area contributed by atoms with Gasteiger partial charge in [-0.3, -0.25) is 0 Å². The minimum absolute atomic E-state index is 0.0555. The Morgan fingerprint density at radius 1 is 1.30 bits per heavy atom. The van der Waals surface area contributed by atoms with E-state index in [1.54, 1.807) is 0 Å². The zero-order chi connectivity index (χ0) is 7.23. The Hall–Kier alpha value is -0.100. The van der Waals surface area contributed by atoms with E-state index in [9.17, 15) is 0 Å². The highest BCUT2D eigenvalue weighted by atomic mass is 35.7. The molecule has 0 fully saturated rings. The molecule has 0 N–H and O–H groups in total. The Bertz CT molecular complexity index is 178. The van der Waals surface area contributed by atoms with Crippen LogP contribution in [0.4, 0.5) is 0 Å². The number of hydrogen-bond donors (Lipinski definition) is 0. The Kier molecular flexibility index (Phi) is 3.74. The molecule has 0 aliphatic heterocycles. The van der Waals surface area contributed by atoms with E-state index in [1.807, 2.05) is 30.3 Å². The summed E-state index contributed by atoms with van der Waals surface area (Å²) in [5.41, 5.74) is 1.16. The fourth-order valence-corrected chi connectivity index (χ4v) is 1.07. The van der Waals surface area contributed by atoms with E-state index in [-0.39, 0.29) is 8.16 Å². The normalized spacial score (nSPS) is 10.9. The molecule has 0 amide bonds. The van der Waals surface area contributed by atoms with Crippen molar-refractivity contribution in [2.45, 2.75) is 6.61 Å². The van der Waals surface area contributed by atoms with Crippen LogP contribution in [0.3, 0.4) is 0 Å². The third-order valence-corrected chi connectivity index (χ3v) is 1.72. The van der Waals surface area contributed by atoms with Gasteiger partial charge in [-0.25, -0.2) is 0 Å². The molecule has 0 bridgehead atoms. The second-order valence-electron chi connectivity index (χ2n) is 1.85. The first-order valence-electron chi connectivity index (χ1n) is 2.95. The Balaban J connectivity index is 2.43. The van der Waals surface area contributed by atoms with Crippen molar-refractivity contribution in [3.63, 3.8) is 0 Å². The van der Waals surface area contributed by atoms with Gasteiger partial charge in [0.2, 0.25) is 0 Å². The van der Waals surface area contributed by atoms with Crippen molar-refractivity contribution < 1.29 is 4.52 Å². The molecule has 1 aromatic carbocycles. The minimum atomic E-state index is 0.0555. The maximum atomic E-state index is 5.36. The van der Waals surface area contributed by atoms with Gasteiger partial charge in [0, 0.05) is 0 Å². The summed E-state index contributed by atoms with van der Waals surface area (Å²) < 4.78 is 5.01. The van der Waals surface area contributed by atoms with Crippen molar-refractivity contribution in [2.75, 3.05) is 0 Å². The van der Waals surface area contributed by atoms with Gasteiger partial charge in [-0.05, 0) is 5.56 Å². The van der Waals surface area contributed by atoms with Gasteiger partial charge in [0.25, 0.3) is 0 Å². The molecule has 0 saturated carbocycles. The highest BCUT2D eigenvalue weighted by molar-refractivity contribution is 7.64. The lowest BCUT2D eigenvalue weighted by molar-refractivity contribution is 0.359. The maximum absolute atomic E-state index is 5.36. The van der Waals surface area contributed by atoms with Crippen LogP contribution in [-0.4, -0.2) is 0 Å². The summed E-state index contributed by atoms with van der Waals surface area (Å²) in [4.78, 5) is 0. The van der Waals surface area contributed by atoms with Gasteiger partial charge in [0.15, 0.2) is 0 Å². The molecule has 1 nitrogen and oxygen atoms in total. The molecule has 3 heteroatoms. The maximum Gasteiger partial charge on any atom is 0.110 e. The smallest absolute Gasteiger partial charge is 0.110 e. The molecule has 0 radical (unpaired) electrons. The van der Waals surface area contributed by atoms with Crippen LogP contribution in [-0.2, 0) is 11.1 Å². The quantitative estimate of drug-likeness (QED) is 0.641. The van der Waals surface area contributed by atoms with Gasteiger partial charge in [0.1, 0.15) is 8.16 Å². The fourth-order valence-electron chi connectivity index (χ4n) is 0.685. The van der Waals surface area contributed by atoms with E-state index >= 15 is 0 Å². The van der Waals surface area contributed by atoms with Crippen molar-refractivity contribution in [3.8, 4) is 0 Å². The average molecular weight is 175 g/mol. The monoisotopic (exact) mass is 174 g/mol. The van der Waals surface area contributed by atoms with Crippen molar-refractivity contribution in [3.05, 3.63) is 35.9 Å². The van der Waals surface area contributed by atoms with Crippen LogP contribution in [0.15, 0.2) is 30.3 Å².